The maximum Gasteiger partial charge on any atom is 0.139 e. The lowest BCUT2D eigenvalue weighted by atomic mass is 10.1. The van der Waals surface area contributed by atoms with Crippen LogP contribution in [0.5, 0.6) is 0 Å². The highest BCUT2D eigenvalue weighted by Gasteiger charge is 2.07. The zero-order chi connectivity index (χ0) is 14.5. The number of hydrogen-bond donors (Lipinski definition) is 0. The van der Waals surface area contributed by atoms with E-state index < -0.39 is 0 Å². The summed E-state index contributed by atoms with van der Waals surface area (Å²) in [5.41, 5.74) is 0.423. The van der Waals surface area contributed by atoms with Crippen molar-refractivity contribution in [2.75, 3.05) is 0 Å². The molecule has 1 aromatic heterocycles. The van der Waals surface area contributed by atoms with E-state index in [1.54, 1.807) is 24.3 Å². The fraction of sp³-hybridized carbons (Fsp3) is 0. The lowest BCUT2D eigenvalue weighted by Gasteiger charge is -1.98. The van der Waals surface area contributed by atoms with Crippen LogP contribution >= 0.6 is 0 Å². The number of rotatable bonds is 0. The van der Waals surface area contributed by atoms with Crippen LogP contribution < -0.4 is 10.4 Å². The Bertz CT molecular complexity index is 875. The molecule has 0 aliphatic carbocycles. The molecule has 90 valence electrons. The third kappa shape index (κ3) is 1.91. The van der Waals surface area contributed by atoms with Crippen LogP contribution in [0.2, 0.25) is 0 Å². The van der Waals surface area contributed by atoms with Gasteiger partial charge in [-0.15, -0.1) is 0 Å². The minimum atomic E-state index is -0.0995. The fourth-order valence-corrected chi connectivity index (χ4v) is 1.75. The molecule has 0 atom stereocenters. The Morgan fingerprint density at radius 3 is 1.35 bits per heavy atom. The van der Waals surface area contributed by atoms with Crippen molar-refractivity contribution in [2.24, 2.45) is 0 Å². The van der Waals surface area contributed by atoms with Crippen LogP contribution in [-0.4, -0.2) is 9.97 Å². The van der Waals surface area contributed by atoms with Gasteiger partial charge in [0.2, 0.25) is 0 Å². The van der Waals surface area contributed by atoms with E-state index >= 15 is 0 Å². The van der Waals surface area contributed by atoms with Crippen LogP contribution in [0.1, 0.15) is 0 Å². The minimum absolute atomic E-state index is 0.0995. The normalized spacial score (nSPS) is 8.80. The molecule has 0 aliphatic rings. The molecule has 0 spiro atoms. The molecular weight excluding hydrogens is 252 g/mol. The monoisotopic (exact) mass is 256 g/mol. The highest BCUT2D eigenvalue weighted by molar-refractivity contribution is 5.87. The van der Waals surface area contributed by atoms with E-state index in [4.69, 9.17) is 21.0 Å². The van der Waals surface area contributed by atoms with E-state index in [9.17, 15) is 0 Å². The van der Waals surface area contributed by atoms with Gasteiger partial charge >= 0.3 is 0 Å². The van der Waals surface area contributed by atoms with Crippen molar-refractivity contribution in [3.05, 3.63) is 35.0 Å². The smallest absolute Gasteiger partial charge is 0.139 e. The molecule has 0 aliphatic heterocycles. The molecule has 0 N–H and O–H groups in total. The summed E-state index contributed by atoms with van der Waals surface area (Å²) in [5.74, 6) is 0. The third-order valence-electron chi connectivity index (χ3n) is 2.61. The molecule has 0 radical (unpaired) electrons. The van der Waals surface area contributed by atoms with Gasteiger partial charge in [0.05, 0.1) is 11.0 Å². The van der Waals surface area contributed by atoms with Gasteiger partial charge in [0.25, 0.3) is 0 Å². The molecule has 20 heavy (non-hydrogen) atoms. The topological polar surface area (TPSA) is 121 Å². The Balaban J connectivity index is 3.21. The van der Waals surface area contributed by atoms with E-state index in [2.05, 4.69) is 9.97 Å². The van der Waals surface area contributed by atoms with Crippen LogP contribution in [0, 0.1) is 45.3 Å². The predicted octanol–water partition coefficient (Wildman–Crippen LogP) is 0.0255. The van der Waals surface area contributed by atoms with Gasteiger partial charge in [-0.05, 0) is 12.1 Å². The van der Waals surface area contributed by atoms with Crippen LogP contribution in [0.25, 0.3) is 22.2 Å². The number of aromatic nitrogens is 2. The first-order valence-corrected chi connectivity index (χ1v) is 5.35. The average Bonchev–Trinajstić information content (AvgIpc) is 2.51. The summed E-state index contributed by atoms with van der Waals surface area (Å²) in [6.07, 6.45) is 2.83. The first-order chi connectivity index (χ1) is 9.76. The zero-order valence-corrected chi connectivity index (χ0v) is 9.99. The van der Waals surface area contributed by atoms with Crippen LogP contribution in [0.15, 0.2) is 24.5 Å². The molecule has 0 saturated heterocycles. The van der Waals surface area contributed by atoms with E-state index in [0.717, 1.165) is 0 Å². The first-order valence-electron chi connectivity index (χ1n) is 5.35. The van der Waals surface area contributed by atoms with Crippen LogP contribution in [0.3, 0.4) is 0 Å². The maximum atomic E-state index is 8.94. The summed E-state index contributed by atoms with van der Waals surface area (Å²) in [6, 6.07) is 10.1. The molecule has 0 amide bonds. The Morgan fingerprint density at radius 1 is 0.700 bits per heavy atom. The van der Waals surface area contributed by atoms with Crippen molar-refractivity contribution in [1.82, 2.24) is 9.97 Å². The molecule has 2 rings (SSSR count). The van der Waals surface area contributed by atoms with Gasteiger partial charge in [-0.2, -0.15) is 21.0 Å². The lowest BCUT2D eigenvalue weighted by Crippen LogP contribution is -2.17. The molecule has 0 bridgehead atoms. The second kappa shape index (κ2) is 5.27. The summed E-state index contributed by atoms with van der Waals surface area (Å²) in [5, 5.41) is 36.4. The summed E-state index contributed by atoms with van der Waals surface area (Å²) < 4.78 is 0. The second-order valence-corrected chi connectivity index (χ2v) is 3.61. The van der Waals surface area contributed by atoms with Gasteiger partial charge in [-0.25, -0.2) is 0 Å². The average molecular weight is 256 g/mol. The van der Waals surface area contributed by atoms with Gasteiger partial charge in [-0.1, -0.05) is 0 Å². The molecule has 6 heteroatoms. The highest BCUT2D eigenvalue weighted by atomic mass is 14.8. The van der Waals surface area contributed by atoms with Crippen molar-refractivity contribution in [3.8, 4) is 24.3 Å². The minimum Gasteiger partial charge on any atom is -0.252 e. The van der Waals surface area contributed by atoms with Gasteiger partial charge in [-0.3, -0.25) is 9.97 Å². The van der Waals surface area contributed by atoms with Gasteiger partial charge in [0.1, 0.15) is 35.4 Å². The number of hydrogen-bond acceptors (Lipinski definition) is 6. The molecule has 1 aromatic carbocycles. The molecule has 0 fully saturated rings. The Hall–Kier alpha value is -3.74. The lowest BCUT2D eigenvalue weighted by molar-refractivity contribution is 1.27. The molecular formula is C14H4N6. The van der Waals surface area contributed by atoms with Crippen molar-refractivity contribution in [3.63, 3.8) is 0 Å². The van der Waals surface area contributed by atoms with E-state index in [0.29, 0.717) is 21.5 Å². The van der Waals surface area contributed by atoms with Crippen molar-refractivity contribution in [2.45, 2.75) is 0 Å². The highest BCUT2D eigenvalue weighted by Crippen LogP contribution is 2.01. The molecule has 0 saturated carbocycles. The zero-order valence-electron chi connectivity index (χ0n) is 9.99. The SMILES string of the molecule is N#CC(C#N)=c1ccc(=C(C#N)C#N)c2nccnc12. The van der Waals surface area contributed by atoms with Crippen molar-refractivity contribution in [1.29, 1.82) is 21.0 Å². The number of fused-ring (bicyclic) bond motifs is 1. The van der Waals surface area contributed by atoms with E-state index in [-0.39, 0.29) is 11.1 Å². The largest absolute Gasteiger partial charge is 0.252 e. The van der Waals surface area contributed by atoms with Crippen LogP contribution in [-0.2, 0) is 0 Å². The van der Waals surface area contributed by atoms with E-state index in [1.165, 1.54) is 24.5 Å². The van der Waals surface area contributed by atoms with Gasteiger partial charge < -0.3 is 0 Å². The Labute approximate surface area is 113 Å². The molecule has 0 unspecified atom stereocenters. The van der Waals surface area contributed by atoms with Gasteiger partial charge in [0.15, 0.2) is 0 Å². The summed E-state index contributed by atoms with van der Waals surface area (Å²) in [4.78, 5) is 8.18. The standard InChI is InChI=1S/C14H4N6/c15-5-9(6-16)11-1-2-12(10(7-17)8-18)14-13(11)19-3-4-20-14/h1-4H. The van der Waals surface area contributed by atoms with Gasteiger partial charge in [0, 0.05) is 22.8 Å². The Kier molecular flexibility index (Phi) is 3.35. The summed E-state index contributed by atoms with van der Waals surface area (Å²) in [6.45, 7) is 0. The van der Waals surface area contributed by atoms with Crippen molar-refractivity contribution < 1.29 is 0 Å². The first kappa shape index (κ1) is 12.7. The van der Waals surface area contributed by atoms with Crippen molar-refractivity contribution >= 4 is 22.2 Å². The predicted molar refractivity (Wildman–Crippen MR) is 68.1 cm³/mol. The third-order valence-corrected chi connectivity index (χ3v) is 2.61. The number of nitrogens with zero attached hydrogens (tertiary/aromatic N) is 6. The second-order valence-electron chi connectivity index (χ2n) is 3.61. The maximum absolute atomic E-state index is 8.94. The summed E-state index contributed by atoms with van der Waals surface area (Å²) in [7, 11) is 0. The quantitative estimate of drug-likeness (QED) is 0.655. The molecule has 1 heterocycles. The Morgan fingerprint density at radius 2 is 1.05 bits per heavy atom. The molecule has 2 aromatic rings. The number of benzene rings is 1. The molecule has 6 nitrogen and oxygen atoms in total. The summed E-state index contributed by atoms with van der Waals surface area (Å²) >= 11 is 0. The van der Waals surface area contributed by atoms with Crippen LogP contribution in [0.4, 0.5) is 0 Å². The van der Waals surface area contributed by atoms with E-state index in [1.807, 2.05) is 0 Å². The fourth-order valence-electron chi connectivity index (χ4n) is 1.75. The number of nitriles is 4.